The summed E-state index contributed by atoms with van der Waals surface area (Å²) in [5, 5.41) is 6.48. The second kappa shape index (κ2) is 9.69. The van der Waals surface area contributed by atoms with E-state index >= 15 is 0 Å². The number of likely N-dealkylation sites (tertiary alicyclic amines) is 1. The molecule has 1 N–H and O–H groups in total. The minimum atomic E-state index is -0.171. The fraction of sp³-hybridized carbons (Fsp3) is 0.320. The van der Waals surface area contributed by atoms with Crippen LogP contribution in [-0.2, 0) is 6.54 Å². The molecule has 176 valence electrons. The Hall–Kier alpha value is -3.01. The van der Waals surface area contributed by atoms with Crippen molar-refractivity contribution in [1.82, 2.24) is 14.9 Å². The molecule has 0 bridgehead atoms. The molecule has 0 saturated carbocycles. The highest BCUT2D eigenvalue weighted by atomic mass is 32.1. The molecule has 9 heteroatoms. The van der Waals surface area contributed by atoms with Gasteiger partial charge in [-0.05, 0) is 55.8 Å². The molecular formula is C25H27N5O2S2. The van der Waals surface area contributed by atoms with Gasteiger partial charge in [-0.3, -0.25) is 15.0 Å². The van der Waals surface area contributed by atoms with Crippen molar-refractivity contribution in [2.24, 2.45) is 0 Å². The van der Waals surface area contributed by atoms with Crippen molar-refractivity contribution in [2.75, 3.05) is 44.5 Å². The third-order valence-corrected chi connectivity index (χ3v) is 7.93. The molecule has 0 atom stereocenters. The van der Waals surface area contributed by atoms with Gasteiger partial charge in [0.15, 0.2) is 10.3 Å². The molecule has 7 nitrogen and oxygen atoms in total. The van der Waals surface area contributed by atoms with E-state index in [0.717, 1.165) is 46.2 Å². The number of methoxy groups -OCH3 is 1. The molecule has 1 fully saturated rings. The largest absolute Gasteiger partial charge is 0.494 e. The minimum Gasteiger partial charge on any atom is -0.494 e. The van der Waals surface area contributed by atoms with E-state index in [2.05, 4.69) is 15.2 Å². The Kier molecular flexibility index (Phi) is 6.49. The van der Waals surface area contributed by atoms with Crippen LogP contribution in [-0.4, -0.2) is 55.1 Å². The van der Waals surface area contributed by atoms with Gasteiger partial charge in [-0.2, -0.15) is 0 Å². The van der Waals surface area contributed by atoms with Gasteiger partial charge in [0.05, 0.1) is 17.5 Å². The number of carbonyl (C=O) groups excluding carboxylic acids is 1. The fourth-order valence-corrected chi connectivity index (χ4v) is 5.88. The molecule has 1 saturated heterocycles. The normalized spacial score (nSPS) is 14.0. The minimum absolute atomic E-state index is 0.171. The Bertz CT molecular complexity index is 1310. The molecule has 0 radical (unpaired) electrons. The van der Waals surface area contributed by atoms with Crippen LogP contribution < -0.4 is 15.0 Å². The summed E-state index contributed by atoms with van der Waals surface area (Å²) in [4.78, 5) is 26.8. The van der Waals surface area contributed by atoms with E-state index < -0.39 is 0 Å². The van der Waals surface area contributed by atoms with Crippen molar-refractivity contribution in [1.29, 1.82) is 0 Å². The Morgan fingerprint density at radius 2 is 1.88 bits per heavy atom. The van der Waals surface area contributed by atoms with Gasteiger partial charge >= 0.3 is 0 Å². The lowest BCUT2D eigenvalue weighted by Crippen LogP contribution is -2.18. The molecule has 0 unspecified atom stereocenters. The lowest BCUT2D eigenvalue weighted by atomic mass is 10.1. The van der Waals surface area contributed by atoms with Crippen LogP contribution in [0.15, 0.2) is 41.8 Å². The van der Waals surface area contributed by atoms with Gasteiger partial charge in [-0.15, -0.1) is 11.3 Å². The van der Waals surface area contributed by atoms with Crippen molar-refractivity contribution in [2.45, 2.75) is 19.4 Å². The van der Waals surface area contributed by atoms with Crippen LogP contribution in [0.4, 0.5) is 10.3 Å². The number of thiazole rings is 2. The summed E-state index contributed by atoms with van der Waals surface area (Å²) >= 11 is 3.03. The van der Waals surface area contributed by atoms with Gasteiger partial charge < -0.3 is 9.64 Å². The average molecular weight is 494 g/mol. The maximum atomic E-state index is 12.9. The van der Waals surface area contributed by atoms with E-state index in [1.54, 1.807) is 18.4 Å². The van der Waals surface area contributed by atoms with Gasteiger partial charge in [0.2, 0.25) is 0 Å². The monoisotopic (exact) mass is 493 g/mol. The highest BCUT2D eigenvalue weighted by Crippen LogP contribution is 2.40. The van der Waals surface area contributed by atoms with Crippen LogP contribution in [0.25, 0.3) is 21.5 Å². The highest BCUT2D eigenvalue weighted by Gasteiger charge is 2.18. The van der Waals surface area contributed by atoms with E-state index in [4.69, 9.17) is 9.72 Å². The zero-order chi connectivity index (χ0) is 23.7. The summed E-state index contributed by atoms with van der Waals surface area (Å²) in [5.41, 5.74) is 4.43. The maximum absolute atomic E-state index is 12.9. The summed E-state index contributed by atoms with van der Waals surface area (Å²) in [5.74, 6) is 0.501. The number of amides is 1. The molecule has 0 aliphatic carbocycles. The number of nitrogens with one attached hydrogen (secondary N) is 1. The van der Waals surface area contributed by atoms with Gasteiger partial charge in [-0.25, -0.2) is 9.97 Å². The molecule has 5 rings (SSSR count). The molecule has 1 aliphatic heterocycles. The van der Waals surface area contributed by atoms with Crippen molar-refractivity contribution in [3.8, 4) is 17.0 Å². The quantitative estimate of drug-likeness (QED) is 0.375. The first-order chi connectivity index (χ1) is 16.5. The lowest BCUT2D eigenvalue weighted by Gasteiger charge is -2.14. The summed E-state index contributed by atoms with van der Waals surface area (Å²) in [7, 11) is 5.58. The third kappa shape index (κ3) is 4.64. The summed E-state index contributed by atoms with van der Waals surface area (Å²) < 4.78 is 6.47. The third-order valence-electron chi connectivity index (χ3n) is 5.92. The van der Waals surface area contributed by atoms with Gasteiger partial charge in [0, 0.05) is 37.1 Å². The molecule has 1 aliphatic rings. The summed E-state index contributed by atoms with van der Waals surface area (Å²) in [6.45, 7) is 3.25. The Labute approximate surface area is 207 Å². The van der Waals surface area contributed by atoms with Gasteiger partial charge in [0.25, 0.3) is 5.91 Å². The second-order valence-corrected chi connectivity index (χ2v) is 10.4. The number of nitrogens with zero attached hydrogens (tertiary/aromatic N) is 4. The molecule has 3 heterocycles. The number of hydrogen-bond acceptors (Lipinski definition) is 8. The number of ether oxygens (including phenoxy) is 1. The second-order valence-electron chi connectivity index (χ2n) is 8.56. The predicted molar refractivity (Wildman–Crippen MR) is 141 cm³/mol. The molecule has 2 aromatic carbocycles. The topological polar surface area (TPSA) is 70.6 Å². The van der Waals surface area contributed by atoms with Gasteiger partial charge in [-0.1, -0.05) is 23.5 Å². The van der Waals surface area contributed by atoms with Crippen LogP contribution in [0.1, 0.15) is 28.8 Å². The maximum Gasteiger partial charge on any atom is 0.257 e. The van der Waals surface area contributed by atoms with E-state index in [1.807, 2.05) is 60.8 Å². The first-order valence-corrected chi connectivity index (χ1v) is 12.9. The molecule has 2 aromatic heterocycles. The summed E-state index contributed by atoms with van der Waals surface area (Å²) in [6.07, 6.45) is 2.54. The first-order valence-electron chi connectivity index (χ1n) is 11.2. The van der Waals surface area contributed by atoms with Crippen LogP contribution >= 0.6 is 22.7 Å². The molecule has 34 heavy (non-hydrogen) atoms. The number of rotatable bonds is 7. The molecule has 4 aromatic rings. The number of anilines is 2. The van der Waals surface area contributed by atoms with Crippen molar-refractivity contribution >= 4 is 49.1 Å². The van der Waals surface area contributed by atoms with Crippen LogP contribution in [0.5, 0.6) is 5.75 Å². The SMILES string of the molecule is COc1ccc(-c2csc(N(C)C)n2)c2sc(NC(=O)c3ccc(CN4CCCC4)cc3)nc12. The standard InChI is InChI=1S/C25H27N5O2S2/c1-29(2)25-26-19(15-33-25)18-10-11-20(32-3)21-22(18)34-24(27-21)28-23(31)17-8-6-16(7-9-17)14-30-12-4-5-13-30/h6-11,15H,4-5,12-14H2,1-3H3,(H,27,28,31). The van der Waals surface area contributed by atoms with Crippen LogP contribution in [0.2, 0.25) is 0 Å². The van der Waals surface area contributed by atoms with E-state index in [0.29, 0.717) is 16.4 Å². The number of benzene rings is 2. The Morgan fingerprint density at radius 1 is 1.12 bits per heavy atom. The van der Waals surface area contributed by atoms with E-state index in [1.165, 1.54) is 29.7 Å². The van der Waals surface area contributed by atoms with E-state index in [-0.39, 0.29) is 5.91 Å². The molecule has 1 amide bonds. The average Bonchev–Trinajstić information content (AvgIpc) is 3.59. The molecular weight excluding hydrogens is 466 g/mol. The lowest BCUT2D eigenvalue weighted by molar-refractivity contribution is 0.102. The smallest absolute Gasteiger partial charge is 0.257 e. The molecule has 0 spiro atoms. The van der Waals surface area contributed by atoms with E-state index in [9.17, 15) is 4.79 Å². The number of hydrogen-bond donors (Lipinski definition) is 1. The number of fused-ring (bicyclic) bond motifs is 1. The van der Waals surface area contributed by atoms with Gasteiger partial charge in [0.1, 0.15) is 11.3 Å². The van der Waals surface area contributed by atoms with Crippen molar-refractivity contribution in [3.05, 3.63) is 52.9 Å². The Morgan fingerprint density at radius 3 is 2.56 bits per heavy atom. The predicted octanol–water partition coefficient (Wildman–Crippen LogP) is 5.34. The highest BCUT2D eigenvalue weighted by molar-refractivity contribution is 7.23. The fourth-order valence-electron chi connectivity index (χ4n) is 4.13. The zero-order valence-electron chi connectivity index (χ0n) is 19.5. The Balaban J connectivity index is 1.38. The zero-order valence-corrected chi connectivity index (χ0v) is 21.1. The van der Waals surface area contributed by atoms with Crippen LogP contribution in [0.3, 0.4) is 0 Å². The van der Waals surface area contributed by atoms with Crippen molar-refractivity contribution in [3.63, 3.8) is 0 Å². The van der Waals surface area contributed by atoms with Crippen molar-refractivity contribution < 1.29 is 9.53 Å². The van der Waals surface area contributed by atoms with Crippen LogP contribution in [0, 0.1) is 0 Å². The number of carbonyl (C=O) groups is 1. The summed E-state index contributed by atoms with van der Waals surface area (Å²) in [6, 6.07) is 11.8. The number of aromatic nitrogens is 2. The first kappa shape index (κ1) is 22.8.